The fraction of sp³-hybridized carbons (Fsp3) is 0.760. The van der Waals surface area contributed by atoms with Crippen molar-refractivity contribution in [3.8, 4) is 11.5 Å². The zero-order valence-corrected chi connectivity index (χ0v) is 18.2. The summed E-state index contributed by atoms with van der Waals surface area (Å²) >= 11 is 0. The first-order valence-corrected chi connectivity index (χ1v) is 11.2. The predicted molar refractivity (Wildman–Crippen MR) is 116 cm³/mol. The van der Waals surface area contributed by atoms with E-state index in [1.54, 1.807) is 6.07 Å². The number of phenols is 2. The lowest BCUT2D eigenvalue weighted by molar-refractivity contribution is 0.357. The first-order valence-electron chi connectivity index (χ1n) is 11.2. The second-order valence-electron chi connectivity index (χ2n) is 10.4. The van der Waals surface area contributed by atoms with Crippen LogP contribution < -0.4 is 0 Å². The van der Waals surface area contributed by atoms with Gasteiger partial charge in [0.25, 0.3) is 0 Å². The summed E-state index contributed by atoms with van der Waals surface area (Å²) in [5.41, 5.74) is 3.30. The Labute approximate surface area is 167 Å². The van der Waals surface area contributed by atoms with E-state index in [0.717, 1.165) is 24.8 Å². The number of phenolic OH excluding ortho intramolecular Hbond substituents is 2. The molecule has 154 valence electrons. The quantitative estimate of drug-likeness (QED) is 0.293. The van der Waals surface area contributed by atoms with Gasteiger partial charge in [-0.1, -0.05) is 65.9 Å². The summed E-state index contributed by atoms with van der Waals surface area (Å²) in [5.74, 6) is 0.152. The smallest absolute Gasteiger partial charge is 0.160 e. The number of aryl methyl sites for hydroxylation is 1. The van der Waals surface area contributed by atoms with Gasteiger partial charge in [0.15, 0.2) is 11.5 Å². The molecule has 0 aliphatic heterocycles. The average Bonchev–Trinajstić information content (AvgIpc) is 3.32. The molecule has 1 saturated carbocycles. The van der Waals surface area contributed by atoms with Crippen LogP contribution >= 0.6 is 0 Å². The first-order chi connectivity index (χ1) is 12.7. The largest absolute Gasteiger partial charge is 0.504 e. The van der Waals surface area contributed by atoms with E-state index in [4.69, 9.17) is 0 Å². The second-order valence-corrected chi connectivity index (χ2v) is 10.4. The average molecular weight is 375 g/mol. The van der Waals surface area contributed by atoms with Crippen molar-refractivity contribution in [2.45, 2.75) is 111 Å². The molecule has 0 atom stereocenters. The molecule has 1 aromatic rings. The maximum absolute atomic E-state index is 10.4. The van der Waals surface area contributed by atoms with E-state index in [1.165, 1.54) is 69.8 Å². The molecule has 0 spiro atoms. The molecular formula is C25H42O2. The van der Waals surface area contributed by atoms with Crippen LogP contribution in [0.2, 0.25) is 0 Å². The summed E-state index contributed by atoms with van der Waals surface area (Å²) in [4.78, 5) is 0. The van der Waals surface area contributed by atoms with Gasteiger partial charge < -0.3 is 10.2 Å². The van der Waals surface area contributed by atoms with Gasteiger partial charge in [-0.2, -0.15) is 0 Å². The van der Waals surface area contributed by atoms with Crippen molar-refractivity contribution in [3.05, 3.63) is 23.3 Å². The van der Waals surface area contributed by atoms with Crippen LogP contribution in [0.25, 0.3) is 0 Å². The van der Waals surface area contributed by atoms with E-state index in [1.807, 2.05) is 6.07 Å². The Bertz CT molecular complexity index is 579. The van der Waals surface area contributed by atoms with E-state index in [9.17, 15) is 10.2 Å². The van der Waals surface area contributed by atoms with Gasteiger partial charge in [0, 0.05) is 5.56 Å². The van der Waals surface area contributed by atoms with E-state index < -0.39 is 0 Å². The molecule has 0 aromatic heterocycles. The normalized spacial score (nSPS) is 15.9. The number of aromatic hydroxyl groups is 2. The number of hydrogen-bond donors (Lipinski definition) is 2. The maximum Gasteiger partial charge on any atom is 0.160 e. The van der Waals surface area contributed by atoms with Crippen LogP contribution in [-0.2, 0) is 12.8 Å². The topological polar surface area (TPSA) is 40.5 Å². The molecule has 2 N–H and O–H groups in total. The zero-order chi connectivity index (χ0) is 19.9. The molecule has 27 heavy (non-hydrogen) atoms. The number of rotatable bonds is 12. The van der Waals surface area contributed by atoms with Crippen molar-refractivity contribution >= 4 is 0 Å². The van der Waals surface area contributed by atoms with Gasteiger partial charge >= 0.3 is 0 Å². The van der Waals surface area contributed by atoms with Gasteiger partial charge in [-0.15, -0.1) is 0 Å². The lowest BCUT2D eigenvalue weighted by Crippen LogP contribution is -2.04. The zero-order valence-electron chi connectivity index (χ0n) is 18.2. The van der Waals surface area contributed by atoms with Crippen LogP contribution in [0, 0.1) is 10.8 Å². The third-order valence-electron chi connectivity index (χ3n) is 6.29. The molecule has 1 aliphatic carbocycles. The van der Waals surface area contributed by atoms with E-state index in [-0.39, 0.29) is 11.5 Å². The lowest BCUT2D eigenvalue weighted by Gasteiger charge is -2.17. The minimum Gasteiger partial charge on any atom is -0.504 e. The van der Waals surface area contributed by atoms with Gasteiger partial charge in [0.05, 0.1) is 0 Å². The Kier molecular flexibility index (Phi) is 8.06. The van der Waals surface area contributed by atoms with Crippen molar-refractivity contribution in [2.24, 2.45) is 10.8 Å². The van der Waals surface area contributed by atoms with Crippen molar-refractivity contribution in [2.75, 3.05) is 0 Å². The number of benzene rings is 1. The highest BCUT2D eigenvalue weighted by atomic mass is 16.3. The third-order valence-corrected chi connectivity index (χ3v) is 6.29. The van der Waals surface area contributed by atoms with Gasteiger partial charge in [0.1, 0.15) is 0 Å². The van der Waals surface area contributed by atoms with Gasteiger partial charge in [0.2, 0.25) is 0 Å². The molecule has 0 amide bonds. The van der Waals surface area contributed by atoms with Crippen molar-refractivity contribution in [1.82, 2.24) is 0 Å². The van der Waals surface area contributed by atoms with Crippen molar-refractivity contribution in [1.29, 1.82) is 0 Å². The standard InChI is InChI=1S/C25H42O2/c1-24(2,3)16-10-6-5-8-12-20-14-15-22(26)23(27)21(20)13-9-7-11-17-25(4)18-19-25/h14-15,26-27H,5-13,16-19H2,1-4H3. The molecule has 1 aliphatic rings. The minimum atomic E-state index is 0.0319. The SMILES string of the molecule is CC(C)(C)CCCCCCc1ccc(O)c(O)c1CCCCCC1(C)CC1. The summed E-state index contributed by atoms with van der Waals surface area (Å²) in [7, 11) is 0. The lowest BCUT2D eigenvalue weighted by atomic mass is 9.89. The van der Waals surface area contributed by atoms with Crippen LogP contribution in [0.4, 0.5) is 0 Å². The number of unbranched alkanes of at least 4 members (excludes halogenated alkanes) is 5. The third kappa shape index (κ3) is 8.15. The Hall–Kier alpha value is -1.18. The van der Waals surface area contributed by atoms with Crippen LogP contribution in [0.15, 0.2) is 12.1 Å². The minimum absolute atomic E-state index is 0.0319. The fourth-order valence-corrected chi connectivity index (χ4v) is 4.00. The molecule has 0 unspecified atom stereocenters. The monoisotopic (exact) mass is 374 g/mol. The van der Waals surface area contributed by atoms with E-state index in [0.29, 0.717) is 10.8 Å². The molecule has 0 bridgehead atoms. The van der Waals surface area contributed by atoms with Crippen LogP contribution in [0.1, 0.15) is 109 Å². The molecule has 0 radical (unpaired) electrons. The summed E-state index contributed by atoms with van der Waals surface area (Å²) < 4.78 is 0. The molecule has 2 heteroatoms. The molecular weight excluding hydrogens is 332 g/mol. The van der Waals surface area contributed by atoms with Gasteiger partial charge in [-0.25, -0.2) is 0 Å². The molecule has 2 nitrogen and oxygen atoms in total. The summed E-state index contributed by atoms with van der Waals surface area (Å²) in [6, 6.07) is 3.67. The fourth-order valence-electron chi connectivity index (χ4n) is 4.00. The Morgan fingerprint density at radius 3 is 2.15 bits per heavy atom. The Balaban J connectivity index is 1.75. The molecule has 1 fully saturated rings. The van der Waals surface area contributed by atoms with Crippen LogP contribution in [-0.4, -0.2) is 10.2 Å². The molecule has 2 rings (SSSR count). The highest BCUT2D eigenvalue weighted by Gasteiger charge is 2.35. The molecule has 0 saturated heterocycles. The van der Waals surface area contributed by atoms with Crippen molar-refractivity contribution in [3.63, 3.8) is 0 Å². The summed E-state index contributed by atoms with van der Waals surface area (Å²) in [6.07, 6.45) is 16.0. The summed E-state index contributed by atoms with van der Waals surface area (Å²) in [6.45, 7) is 9.32. The molecule has 1 aromatic carbocycles. The molecule has 0 heterocycles. The maximum atomic E-state index is 10.4. The summed E-state index contributed by atoms with van der Waals surface area (Å²) in [5, 5.41) is 20.3. The second kappa shape index (κ2) is 9.85. The van der Waals surface area contributed by atoms with E-state index >= 15 is 0 Å². The highest BCUT2D eigenvalue weighted by Crippen LogP contribution is 2.49. The predicted octanol–water partition coefficient (Wildman–Crippen LogP) is 7.54. The van der Waals surface area contributed by atoms with Crippen molar-refractivity contribution < 1.29 is 10.2 Å². The van der Waals surface area contributed by atoms with Crippen LogP contribution in [0.5, 0.6) is 11.5 Å². The Morgan fingerprint density at radius 1 is 0.852 bits per heavy atom. The van der Waals surface area contributed by atoms with Gasteiger partial charge in [-0.3, -0.25) is 0 Å². The van der Waals surface area contributed by atoms with Gasteiger partial charge in [-0.05, 0) is 73.8 Å². The van der Waals surface area contributed by atoms with E-state index in [2.05, 4.69) is 27.7 Å². The van der Waals surface area contributed by atoms with Crippen LogP contribution in [0.3, 0.4) is 0 Å². The Morgan fingerprint density at radius 2 is 1.48 bits per heavy atom. The first kappa shape index (κ1) is 22.1. The highest BCUT2D eigenvalue weighted by molar-refractivity contribution is 5.49. The number of hydrogen-bond acceptors (Lipinski definition) is 2.